The fourth-order valence-electron chi connectivity index (χ4n) is 3.17. The number of rotatable bonds is 6. The molecular weight excluding hydrogens is 260 g/mol. The number of fused-ring (bicyclic) bond motifs is 1. The van der Waals surface area contributed by atoms with Crippen LogP contribution in [0.15, 0.2) is 48.5 Å². The molecule has 0 heterocycles. The lowest BCUT2D eigenvalue weighted by atomic mass is 9.74. The molecule has 21 heavy (non-hydrogen) atoms. The van der Waals surface area contributed by atoms with Gasteiger partial charge >= 0.3 is 0 Å². The van der Waals surface area contributed by atoms with Crippen molar-refractivity contribution in [2.24, 2.45) is 5.84 Å². The maximum absolute atomic E-state index is 5.75. The van der Waals surface area contributed by atoms with E-state index in [9.17, 15) is 0 Å². The van der Waals surface area contributed by atoms with E-state index in [0.717, 1.165) is 18.6 Å². The van der Waals surface area contributed by atoms with Crippen molar-refractivity contribution in [2.45, 2.75) is 31.2 Å². The van der Waals surface area contributed by atoms with Gasteiger partial charge in [-0.25, -0.2) is 0 Å². The zero-order valence-electron chi connectivity index (χ0n) is 12.4. The molecule has 0 fully saturated rings. The highest BCUT2D eigenvalue weighted by atomic mass is 16.5. The normalized spacial score (nSPS) is 17.7. The Morgan fingerprint density at radius 3 is 2.62 bits per heavy atom. The Bertz CT molecular complexity index is 594. The summed E-state index contributed by atoms with van der Waals surface area (Å²) in [5, 5.41) is 0. The van der Waals surface area contributed by atoms with Gasteiger partial charge in [-0.05, 0) is 54.0 Å². The van der Waals surface area contributed by atoms with Crippen molar-refractivity contribution in [3.8, 4) is 5.75 Å². The fraction of sp³-hybridized carbons (Fsp3) is 0.333. The van der Waals surface area contributed by atoms with Crippen LogP contribution in [0.4, 0.5) is 0 Å². The van der Waals surface area contributed by atoms with Gasteiger partial charge in [0.25, 0.3) is 0 Å². The number of hydrogen-bond donors (Lipinski definition) is 2. The maximum Gasteiger partial charge on any atom is 0.118 e. The van der Waals surface area contributed by atoms with Gasteiger partial charge < -0.3 is 4.74 Å². The van der Waals surface area contributed by atoms with E-state index in [0.29, 0.717) is 12.0 Å². The lowest BCUT2D eigenvalue weighted by Crippen LogP contribution is -2.39. The molecule has 0 bridgehead atoms. The van der Waals surface area contributed by atoms with Gasteiger partial charge in [0.1, 0.15) is 5.75 Å². The van der Waals surface area contributed by atoms with Crippen LogP contribution < -0.4 is 16.0 Å². The third-order valence-corrected chi connectivity index (χ3v) is 4.41. The summed E-state index contributed by atoms with van der Waals surface area (Å²) in [6.07, 6.45) is 3.20. The summed E-state index contributed by atoms with van der Waals surface area (Å²) in [6.45, 7) is 0. The van der Waals surface area contributed by atoms with E-state index in [1.807, 2.05) is 12.1 Å². The monoisotopic (exact) mass is 282 g/mol. The molecule has 2 aromatic carbocycles. The first-order valence-electron chi connectivity index (χ1n) is 7.47. The number of benzene rings is 2. The molecule has 3 heteroatoms. The number of nitrogens with two attached hydrogens (primary N) is 1. The van der Waals surface area contributed by atoms with Gasteiger partial charge in [0.2, 0.25) is 0 Å². The molecule has 3 N–H and O–H groups in total. The first-order valence-corrected chi connectivity index (χ1v) is 7.47. The lowest BCUT2D eigenvalue weighted by Gasteiger charge is -2.33. The minimum atomic E-state index is 0.303. The minimum Gasteiger partial charge on any atom is -0.497 e. The summed E-state index contributed by atoms with van der Waals surface area (Å²) in [5.41, 5.74) is 7.24. The molecule has 1 aliphatic rings. The SMILES string of the molecule is COc1ccc(CC(CC2Cc3ccccc32)NN)cc1. The number of hydrazine groups is 1. The summed E-state index contributed by atoms with van der Waals surface area (Å²) >= 11 is 0. The van der Waals surface area contributed by atoms with E-state index in [1.165, 1.54) is 23.1 Å². The van der Waals surface area contributed by atoms with Gasteiger partial charge in [0.05, 0.1) is 7.11 Å². The Kier molecular flexibility index (Phi) is 4.23. The molecule has 0 saturated carbocycles. The van der Waals surface area contributed by atoms with Gasteiger partial charge in [-0.2, -0.15) is 0 Å². The molecule has 0 aliphatic heterocycles. The van der Waals surface area contributed by atoms with Crippen molar-refractivity contribution in [3.05, 3.63) is 65.2 Å². The zero-order valence-corrected chi connectivity index (χ0v) is 12.4. The highest BCUT2D eigenvalue weighted by Crippen LogP contribution is 2.38. The average molecular weight is 282 g/mol. The quantitative estimate of drug-likeness (QED) is 0.632. The maximum atomic E-state index is 5.75. The molecule has 2 unspecified atom stereocenters. The number of nitrogens with one attached hydrogen (secondary N) is 1. The smallest absolute Gasteiger partial charge is 0.118 e. The molecular formula is C18H22N2O. The first kappa shape index (κ1) is 14.1. The lowest BCUT2D eigenvalue weighted by molar-refractivity contribution is 0.412. The summed E-state index contributed by atoms with van der Waals surface area (Å²) in [4.78, 5) is 0. The largest absolute Gasteiger partial charge is 0.497 e. The van der Waals surface area contributed by atoms with Crippen LogP contribution in [-0.4, -0.2) is 13.2 Å². The van der Waals surface area contributed by atoms with Crippen LogP contribution in [0.25, 0.3) is 0 Å². The molecule has 0 saturated heterocycles. The first-order chi connectivity index (χ1) is 10.3. The van der Waals surface area contributed by atoms with E-state index in [1.54, 1.807) is 7.11 Å². The molecule has 2 atom stereocenters. The van der Waals surface area contributed by atoms with Crippen molar-refractivity contribution in [2.75, 3.05) is 7.11 Å². The summed E-state index contributed by atoms with van der Waals surface area (Å²) in [7, 11) is 1.69. The Labute approximate surface area is 126 Å². The Morgan fingerprint density at radius 1 is 1.19 bits per heavy atom. The molecule has 3 nitrogen and oxygen atoms in total. The molecule has 1 aliphatic carbocycles. The summed E-state index contributed by atoms with van der Waals surface area (Å²) < 4.78 is 5.19. The molecule has 2 aromatic rings. The van der Waals surface area contributed by atoms with Crippen molar-refractivity contribution in [1.82, 2.24) is 5.43 Å². The van der Waals surface area contributed by atoms with E-state index in [4.69, 9.17) is 10.6 Å². The Hall–Kier alpha value is -1.84. The number of hydrogen-bond acceptors (Lipinski definition) is 3. The molecule has 110 valence electrons. The second-order valence-electron chi connectivity index (χ2n) is 5.75. The van der Waals surface area contributed by atoms with Gasteiger partial charge in [0, 0.05) is 6.04 Å². The van der Waals surface area contributed by atoms with Crippen LogP contribution >= 0.6 is 0 Å². The van der Waals surface area contributed by atoms with Crippen LogP contribution in [0.3, 0.4) is 0 Å². The predicted octanol–water partition coefficient (Wildman–Crippen LogP) is 2.80. The van der Waals surface area contributed by atoms with Gasteiger partial charge in [-0.15, -0.1) is 0 Å². The van der Waals surface area contributed by atoms with Gasteiger partial charge in [-0.1, -0.05) is 36.4 Å². The highest BCUT2D eigenvalue weighted by molar-refractivity contribution is 5.40. The topological polar surface area (TPSA) is 47.3 Å². The van der Waals surface area contributed by atoms with Crippen LogP contribution in [0.5, 0.6) is 5.75 Å². The minimum absolute atomic E-state index is 0.303. The van der Waals surface area contributed by atoms with Crippen molar-refractivity contribution in [3.63, 3.8) is 0 Å². The van der Waals surface area contributed by atoms with Crippen molar-refractivity contribution >= 4 is 0 Å². The number of ether oxygens (including phenoxy) is 1. The second kappa shape index (κ2) is 6.29. The van der Waals surface area contributed by atoms with Crippen LogP contribution in [0.2, 0.25) is 0 Å². The second-order valence-corrected chi connectivity index (χ2v) is 5.75. The van der Waals surface area contributed by atoms with E-state index < -0.39 is 0 Å². The van der Waals surface area contributed by atoms with Crippen LogP contribution in [0.1, 0.15) is 29.0 Å². The molecule has 0 aromatic heterocycles. The zero-order chi connectivity index (χ0) is 14.7. The molecule has 0 radical (unpaired) electrons. The van der Waals surface area contributed by atoms with Gasteiger partial charge in [-0.3, -0.25) is 11.3 Å². The van der Waals surface area contributed by atoms with Crippen LogP contribution in [0, 0.1) is 0 Å². The van der Waals surface area contributed by atoms with E-state index in [2.05, 4.69) is 41.8 Å². The number of methoxy groups -OCH3 is 1. The van der Waals surface area contributed by atoms with Crippen LogP contribution in [-0.2, 0) is 12.8 Å². The van der Waals surface area contributed by atoms with E-state index >= 15 is 0 Å². The molecule has 3 rings (SSSR count). The summed E-state index contributed by atoms with van der Waals surface area (Å²) in [5.74, 6) is 7.28. The van der Waals surface area contributed by atoms with Gasteiger partial charge in [0.15, 0.2) is 0 Å². The van der Waals surface area contributed by atoms with Crippen molar-refractivity contribution < 1.29 is 4.74 Å². The molecule has 0 amide bonds. The molecule has 0 spiro atoms. The van der Waals surface area contributed by atoms with E-state index in [-0.39, 0.29) is 0 Å². The Balaban J connectivity index is 1.61. The highest BCUT2D eigenvalue weighted by Gasteiger charge is 2.27. The summed E-state index contributed by atoms with van der Waals surface area (Å²) in [6, 6.07) is 17.2. The third kappa shape index (κ3) is 3.09. The fourth-order valence-corrected chi connectivity index (χ4v) is 3.17. The van der Waals surface area contributed by atoms with Crippen molar-refractivity contribution in [1.29, 1.82) is 0 Å². The average Bonchev–Trinajstić information content (AvgIpc) is 2.52. The Morgan fingerprint density at radius 2 is 1.95 bits per heavy atom. The third-order valence-electron chi connectivity index (χ3n) is 4.41. The predicted molar refractivity (Wildman–Crippen MR) is 85.3 cm³/mol. The standard InChI is InChI=1S/C18H22N2O/c1-21-17-8-6-13(7-9-17)10-16(20-19)12-15-11-14-4-2-3-5-18(14)15/h2-9,15-16,20H,10-12,19H2,1H3.